The van der Waals surface area contributed by atoms with Crippen molar-refractivity contribution in [1.82, 2.24) is 15.0 Å². The first-order chi connectivity index (χ1) is 14.3. The Morgan fingerprint density at radius 2 is 2.03 bits per heavy atom. The number of aryl methyl sites for hydroxylation is 2. The van der Waals surface area contributed by atoms with Gasteiger partial charge in [-0.15, -0.1) is 0 Å². The molecule has 1 aliphatic rings. The van der Waals surface area contributed by atoms with E-state index >= 15 is 0 Å². The highest BCUT2D eigenvalue weighted by Crippen LogP contribution is 2.33. The van der Waals surface area contributed by atoms with Gasteiger partial charge in [0.15, 0.2) is 12.4 Å². The third-order valence-corrected chi connectivity index (χ3v) is 5.47. The van der Waals surface area contributed by atoms with Crippen LogP contribution < -0.4 is 0 Å². The first-order valence-electron chi connectivity index (χ1n) is 10.6. The Bertz CT molecular complexity index is 885. The average molecular weight is 414 g/mol. The third kappa shape index (κ3) is 5.46. The maximum atomic E-state index is 12.6. The molecule has 0 bridgehead atoms. The van der Waals surface area contributed by atoms with Gasteiger partial charge in [-0.3, -0.25) is 9.59 Å². The second kappa shape index (κ2) is 9.41. The maximum absolute atomic E-state index is 12.6. The number of ether oxygens (including phenoxy) is 1. The highest BCUT2D eigenvalue weighted by atomic mass is 16.5. The molecule has 0 saturated carbocycles. The summed E-state index contributed by atoms with van der Waals surface area (Å²) in [6.07, 6.45) is 4.26. The molecule has 0 aliphatic heterocycles. The van der Waals surface area contributed by atoms with E-state index in [2.05, 4.69) is 22.3 Å². The first kappa shape index (κ1) is 22.0. The summed E-state index contributed by atoms with van der Waals surface area (Å²) < 4.78 is 10.4. The summed E-state index contributed by atoms with van der Waals surface area (Å²) in [6.45, 7) is 5.81. The summed E-state index contributed by atoms with van der Waals surface area (Å²) in [7, 11) is 1.78. The number of amides is 1. The van der Waals surface area contributed by atoms with E-state index in [4.69, 9.17) is 9.26 Å². The van der Waals surface area contributed by atoms with Crippen LogP contribution in [0.3, 0.4) is 0 Å². The van der Waals surface area contributed by atoms with Crippen LogP contribution in [-0.2, 0) is 32.6 Å². The van der Waals surface area contributed by atoms with Crippen LogP contribution in [0.4, 0.5) is 0 Å². The van der Waals surface area contributed by atoms with Crippen molar-refractivity contribution in [2.24, 2.45) is 0 Å². The molecule has 0 saturated heterocycles. The fourth-order valence-electron chi connectivity index (χ4n) is 3.67. The topological polar surface area (TPSA) is 85.5 Å². The number of hydrogen-bond acceptors (Lipinski definition) is 6. The molecule has 162 valence electrons. The molecule has 0 radical (unpaired) electrons. The van der Waals surface area contributed by atoms with Gasteiger partial charge >= 0.3 is 5.97 Å². The van der Waals surface area contributed by atoms with E-state index in [1.165, 1.54) is 11.1 Å². The standard InChI is InChI=1S/C23H31N3O4/c1-23(2,3)22-24-19(30-25-22)13-8-14-21(28)29-15-20(27)26(4)18-12-7-10-16-9-5-6-11-17(16)18/h5-6,9,11,18H,7-8,10,12-15H2,1-4H3. The van der Waals surface area contributed by atoms with E-state index in [9.17, 15) is 9.59 Å². The van der Waals surface area contributed by atoms with Gasteiger partial charge in [-0.2, -0.15) is 4.98 Å². The minimum absolute atomic E-state index is 0.0377. The molecule has 2 aromatic rings. The Hall–Kier alpha value is -2.70. The van der Waals surface area contributed by atoms with Crippen molar-refractivity contribution in [2.75, 3.05) is 13.7 Å². The van der Waals surface area contributed by atoms with Gasteiger partial charge in [0.25, 0.3) is 5.91 Å². The lowest BCUT2D eigenvalue weighted by atomic mass is 9.87. The number of aromatic nitrogens is 2. The Morgan fingerprint density at radius 1 is 1.27 bits per heavy atom. The summed E-state index contributed by atoms with van der Waals surface area (Å²) in [5.74, 6) is 0.589. The molecule has 7 heteroatoms. The number of nitrogens with zero attached hydrogens (tertiary/aromatic N) is 3. The predicted octanol–water partition coefficient (Wildman–Crippen LogP) is 3.77. The van der Waals surface area contributed by atoms with Gasteiger partial charge in [0.1, 0.15) is 0 Å². The predicted molar refractivity (Wildman–Crippen MR) is 112 cm³/mol. The fraction of sp³-hybridized carbons (Fsp3) is 0.565. The SMILES string of the molecule is CN(C(=O)COC(=O)CCCc1nc(C(C)(C)C)no1)C1CCCc2ccccc21. The monoisotopic (exact) mass is 413 g/mol. The van der Waals surface area contributed by atoms with E-state index in [0.717, 1.165) is 19.3 Å². The van der Waals surface area contributed by atoms with Crippen LogP contribution >= 0.6 is 0 Å². The van der Waals surface area contributed by atoms with Crippen molar-refractivity contribution < 1.29 is 18.8 Å². The molecule has 0 spiro atoms. The second-order valence-electron chi connectivity index (χ2n) is 8.89. The molecule has 1 aromatic carbocycles. The van der Waals surface area contributed by atoms with Gasteiger partial charge in [-0.1, -0.05) is 50.2 Å². The highest BCUT2D eigenvalue weighted by molar-refractivity contribution is 5.80. The number of benzene rings is 1. The normalized spacial score (nSPS) is 16.1. The quantitative estimate of drug-likeness (QED) is 0.643. The van der Waals surface area contributed by atoms with Gasteiger partial charge in [-0.25, -0.2) is 0 Å². The van der Waals surface area contributed by atoms with Gasteiger partial charge < -0.3 is 14.2 Å². The van der Waals surface area contributed by atoms with Gasteiger partial charge in [-0.05, 0) is 36.8 Å². The van der Waals surface area contributed by atoms with Crippen molar-refractivity contribution in [3.63, 3.8) is 0 Å². The molecule has 7 nitrogen and oxygen atoms in total. The van der Waals surface area contributed by atoms with Crippen molar-refractivity contribution in [1.29, 1.82) is 0 Å². The van der Waals surface area contributed by atoms with Crippen LogP contribution in [-0.4, -0.2) is 40.6 Å². The van der Waals surface area contributed by atoms with Crippen molar-refractivity contribution in [3.8, 4) is 0 Å². The van der Waals surface area contributed by atoms with Crippen molar-refractivity contribution in [2.45, 2.75) is 70.8 Å². The molecule has 1 aromatic heterocycles. The van der Waals surface area contributed by atoms with E-state index in [1.54, 1.807) is 11.9 Å². The fourth-order valence-corrected chi connectivity index (χ4v) is 3.67. The van der Waals surface area contributed by atoms with Crippen LogP contribution in [0.5, 0.6) is 0 Å². The van der Waals surface area contributed by atoms with Crippen molar-refractivity contribution >= 4 is 11.9 Å². The highest BCUT2D eigenvalue weighted by Gasteiger charge is 2.27. The Labute approximate surface area is 177 Å². The minimum Gasteiger partial charge on any atom is -0.456 e. The van der Waals surface area contributed by atoms with Gasteiger partial charge in [0, 0.05) is 25.3 Å². The number of rotatable bonds is 7. The summed E-state index contributed by atoms with van der Waals surface area (Å²) in [6, 6.07) is 8.27. The van der Waals surface area contributed by atoms with Gasteiger partial charge in [0.2, 0.25) is 5.89 Å². The summed E-state index contributed by atoms with van der Waals surface area (Å²) in [5, 5.41) is 3.97. The Morgan fingerprint density at radius 3 is 2.77 bits per heavy atom. The zero-order chi connectivity index (χ0) is 21.7. The van der Waals surface area contributed by atoms with Crippen LogP contribution in [0.15, 0.2) is 28.8 Å². The van der Waals surface area contributed by atoms with Crippen LogP contribution in [0.2, 0.25) is 0 Å². The molecule has 30 heavy (non-hydrogen) atoms. The summed E-state index contributed by atoms with van der Waals surface area (Å²) in [4.78, 5) is 30.7. The first-order valence-corrected chi connectivity index (χ1v) is 10.6. The molecule has 1 amide bonds. The minimum atomic E-state index is -0.392. The second-order valence-corrected chi connectivity index (χ2v) is 8.89. The maximum Gasteiger partial charge on any atom is 0.306 e. The number of carbonyl (C=O) groups excluding carboxylic acids is 2. The summed E-state index contributed by atoms with van der Waals surface area (Å²) >= 11 is 0. The molecule has 1 aliphatic carbocycles. The lowest BCUT2D eigenvalue weighted by Crippen LogP contribution is -2.36. The number of fused-ring (bicyclic) bond motifs is 1. The summed E-state index contributed by atoms with van der Waals surface area (Å²) in [5.41, 5.74) is 2.31. The number of likely N-dealkylation sites (N-methyl/N-ethyl adjacent to an activating group) is 1. The molecular weight excluding hydrogens is 382 g/mol. The van der Waals surface area contributed by atoms with Gasteiger partial charge in [0.05, 0.1) is 6.04 Å². The Balaban J connectivity index is 1.42. The Kier molecular flexibility index (Phi) is 6.90. The zero-order valence-electron chi connectivity index (χ0n) is 18.3. The van der Waals surface area contributed by atoms with Crippen LogP contribution in [0, 0.1) is 0 Å². The zero-order valence-corrected chi connectivity index (χ0v) is 18.3. The van der Waals surface area contributed by atoms with Crippen molar-refractivity contribution in [3.05, 3.63) is 47.1 Å². The molecule has 1 heterocycles. The van der Waals surface area contributed by atoms with E-state index in [0.29, 0.717) is 24.6 Å². The largest absolute Gasteiger partial charge is 0.456 e. The van der Waals surface area contributed by atoms with E-state index in [1.807, 2.05) is 32.9 Å². The molecule has 0 fully saturated rings. The van der Waals surface area contributed by atoms with Crippen LogP contribution in [0.25, 0.3) is 0 Å². The van der Waals surface area contributed by atoms with Crippen LogP contribution in [0.1, 0.15) is 75.3 Å². The number of esters is 1. The molecule has 0 N–H and O–H groups in total. The molecule has 3 rings (SSSR count). The van der Waals surface area contributed by atoms with E-state index < -0.39 is 5.97 Å². The smallest absolute Gasteiger partial charge is 0.306 e. The molecule has 1 unspecified atom stereocenters. The average Bonchev–Trinajstić information content (AvgIpc) is 3.20. The lowest BCUT2D eigenvalue weighted by Gasteiger charge is -2.33. The number of hydrogen-bond donors (Lipinski definition) is 0. The number of carbonyl (C=O) groups is 2. The molecule has 1 atom stereocenters. The lowest BCUT2D eigenvalue weighted by molar-refractivity contribution is -0.152. The molecular formula is C23H31N3O4. The third-order valence-electron chi connectivity index (χ3n) is 5.47. The van der Waals surface area contributed by atoms with E-state index in [-0.39, 0.29) is 30.4 Å².